The normalized spacial score (nSPS) is 11.1. The molecule has 0 heterocycles. The number of halogens is 3. The Morgan fingerprint density at radius 1 is 0.846 bits per heavy atom. The molecule has 4 rings (SSSR count). The zero-order valence-corrected chi connectivity index (χ0v) is 22.6. The number of benzene rings is 4. The van der Waals surface area contributed by atoms with Gasteiger partial charge in [0.1, 0.15) is 11.5 Å². The van der Waals surface area contributed by atoms with Crippen molar-refractivity contribution in [3.8, 4) is 0 Å². The van der Waals surface area contributed by atoms with E-state index in [2.05, 4.69) is 10.6 Å². The molecule has 0 atom stereocenters. The number of hydrogen-bond donors (Lipinski definition) is 2. The van der Waals surface area contributed by atoms with Crippen LogP contribution in [0, 0.1) is 5.82 Å². The topological polar surface area (TPSA) is 75.3 Å². The first-order valence-corrected chi connectivity index (χ1v) is 13.4. The van der Waals surface area contributed by atoms with Crippen LogP contribution in [0.25, 0.3) is 6.08 Å². The number of amides is 2. The maximum Gasteiger partial charge on any atom is 0.272 e. The van der Waals surface area contributed by atoms with Crippen molar-refractivity contribution in [1.29, 1.82) is 0 Å². The summed E-state index contributed by atoms with van der Waals surface area (Å²) >= 11 is 13.3. The van der Waals surface area contributed by atoms with Crippen LogP contribution < -0.4 is 10.6 Å². The van der Waals surface area contributed by atoms with Crippen LogP contribution in [0.4, 0.5) is 10.1 Å². The van der Waals surface area contributed by atoms with Gasteiger partial charge in [0.15, 0.2) is 5.78 Å². The van der Waals surface area contributed by atoms with E-state index in [0.29, 0.717) is 26.9 Å². The lowest BCUT2D eigenvalue weighted by molar-refractivity contribution is -0.113. The lowest BCUT2D eigenvalue weighted by Gasteiger charge is -2.12. The van der Waals surface area contributed by atoms with E-state index in [1.165, 1.54) is 42.1 Å². The van der Waals surface area contributed by atoms with E-state index in [0.717, 1.165) is 4.90 Å². The van der Waals surface area contributed by atoms with Gasteiger partial charge < -0.3 is 10.6 Å². The molecule has 0 unspecified atom stereocenters. The molecule has 0 aliphatic heterocycles. The molecule has 0 aliphatic rings. The highest BCUT2D eigenvalue weighted by Gasteiger charge is 2.16. The number of ketones is 1. The first kappa shape index (κ1) is 28.1. The van der Waals surface area contributed by atoms with E-state index in [-0.39, 0.29) is 22.8 Å². The van der Waals surface area contributed by atoms with Crippen LogP contribution >= 0.6 is 35.0 Å². The monoisotopic (exact) mass is 578 g/mol. The Balaban J connectivity index is 1.45. The van der Waals surface area contributed by atoms with E-state index in [1.54, 1.807) is 72.8 Å². The molecule has 0 saturated carbocycles. The number of rotatable bonds is 9. The predicted molar refractivity (Wildman–Crippen MR) is 155 cm³/mol. The summed E-state index contributed by atoms with van der Waals surface area (Å²) in [6.45, 7) is 0. The fraction of sp³-hybridized carbons (Fsp3) is 0.0333. The largest absolute Gasteiger partial charge is 0.321 e. The summed E-state index contributed by atoms with van der Waals surface area (Å²) in [6.07, 6.45) is 1.28. The second-order valence-electron chi connectivity index (χ2n) is 8.21. The molecule has 0 radical (unpaired) electrons. The van der Waals surface area contributed by atoms with Crippen LogP contribution in [0.3, 0.4) is 0 Å². The third kappa shape index (κ3) is 7.80. The highest BCUT2D eigenvalue weighted by molar-refractivity contribution is 8.00. The van der Waals surface area contributed by atoms with Crippen molar-refractivity contribution in [3.63, 3.8) is 0 Å². The summed E-state index contributed by atoms with van der Waals surface area (Å²) in [5.74, 6) is -1.65. The second-order valence-corrected chi connectivity index (χ2v) is 10.1. The zero-order chi connectivity index (χ0) is 27.8. The Hall–Kier alpha value is -3.91. The van der Waals surface area contributed by atoms with Crippen molar-refractivity contribution in [3.05, 3.63) is 135 Å². The molecule has 0 aliphatic carbocycles. The summed E-state index contributed by atoms with van der Waals surface area (Å²) in [4.78, 5) is 39.2. The average molecular weight is 579 g/mol. The molecule has 2 N–H and O–H groups in total. The van der Waals surface area contributed by atoms with Crippen molar-refractivity contribution in [2.75, 3.05) is 11.1 Å². The van der Waals surface area contributed by atoms with Gasteiger partial charge in [0.25, 0.3) is 11.8 Å². The lowest BCUT2D eigenvalue weighted by atomic mass is 10.1. The number of carbonyl (C=O) groups is 3. The first-order chi connectivity index (χ1) is 18.8. The highest BCUT2D eigenvalue weighted by atomic mass is 35.5. The molecule has 0 aromatic heterocycles. The third-order valence-electron chi connectivity index (χ3n) is 5.45. The molecule has 9 heteroatoms. The van der Waals surface area contributed by atoms with Gasteiger partial charge in [-0.25, -0.2) is 4.39 Å². The molecule has 4 aromatic rings. The smallest absolute Gasteiger partial charge is 0.272 e. The van der Waals surface area contributed by atoms with Crippen molar-refractivity contribution in [1.82, 2.24) is 5.32 Å². The average Bonchev–Trinajstić information content (AvgIpc) is 2.93. The van der Waals surface area contributed by atoms with Crippen LogP contribution in [0.1, 0.15) is 26.3 Å². The van der Waals surface area contributed by atoms with Gasteiger partial charge in [-0.05, 0) is 66.7 Å². The molecule has 4 aromatic carbocycles. The molecular weight excluding hydrogens is 558 g/mol. The highest BCUT2D eigenvalue weighted by Crippen LogP contribution is 2.26. The molecule has 0 bridgehead atoms. The van der Waals surface area contributed by atoms with Gasteiger partial charge in [0.2, 0.25) is 0 Å². The predicted octanol–water partition coefficient (Wildman–Crippen LogP) is 7.52. The maximum atomic E-state index is 14.3. The van der Waals surface area contributed by atoms with Gasteiger partial charge in [-0.15, -0.1) is 11.8 Å². The van der Waals surface area contributed by atoms with Crippen molar-refractivity contribution in [2.45, 2.75) is 4.90 Å². The lowest BCUT2D eigenvalue weighted by Crippen LogP contribution is -2.30. The van der Waals surface area contributed by atoms with Crippen molar-refractivity contribution < 1.29 is 18.8 Å². The quantitative estimate of drug-likeness (QED) is 0.122. The van der Waals surface area contributed by atoms with Gasteiger partial charge in [0.05, 0.1) is 10.8 Å². The Morgan fingerprint density at radius 3 is 2.23 bits per heavy atom. The second kappa shape index (κ2) is 13.2. The Kier molecular flexibility index (Phi) is 9.54. The van der Waals surface area contributed by atoms with Gasteiger partial charge in [-0.3, -0.25) is 14.4 Å². The van der Waals surface area contributed by atoms with Gasteiger partial charge in [-0.2, -0.15) is 0 Å². The number of carbonyl (C=O) groups excluding carboxylic acids is 3. The van der Waals surface area contributed by atoms with Crippen LogP contribution in [-0.2, 0) is 4.79 Å². The molecule has 5 nitrogen and oxygen atoms in total. The maximum absolute atomic E-state index is 14.3. The Bertz CT molecular complexity index is 1540. The fourth-order valence-electron chi connectivity index (χ4n) is 3.47. The number of anilines is 1. The van der Waals surface area contributed by atoms with E-state index >= 15 is 0 Å². The summed E-state index contributed by atoms with van der Waals surface area (Å²) in [5, 5.41) is 6.05. The minimum atomic E-state index is -0.629. The molecule has 0 fully saturated rings. The minimum Gasteiger partial charge on any atom is -0.321 e. The molecule has 0 spiro atoms. The minimum absolute atomic E-state index is 0.127. The van der Waals surface area contributed by atoms with Crippen LogP contribution in [0.15, 0.2) is 108 Å². The van der Waals surface area contributed by atoms with E-state index < -0.39 is 17.6 Å². The Labute approximate surface area is 239 Å². The summed E-state index contributed by atoms with van der Waals surface area (Å²) in [5.41, 5.74) is 1.21. The summed E-state index contributed by atoms with van der Waals surface area (Å²) in [6, 6.07) is 25.9. The van der Waals surface area contributed by atoms with Crippen molar-refractivity contribution in [2.24, 2.45) is 0 Å². The van der Waals surface area contributed by atoms with E-state index in [1.807, 2.05) is 0 Å². The van der Waals surface area contributed by atoms with E-state index in [9.17, 15) is 18.8 Å². The van der Waals surface area contributed by atoms with Crippen LogP contribution in [-0.4, -0.2) is 23.4 Å². The molecule has 196 valence electrons. The number of hydrogen-bond acceptors (Lipinski definition) is 4. The van der Waals surface area contributed by atoms with Gasteiger partial charge in [-0.1, -0.05) is 59.6 Å². The van der Waals surface area contributed by atoms with Crippen LogP contribution in [0.2, 0.25) is 10.0 Å². The first-order valence-electron chi connectivity index (χ1n) is 11.7. The Morgan fingerprint density at radius 2 is 1.54 bits per heavy atom. The summed E-state index contributed by atoms with van der Waals surface area (Å²) in [7, 11) is 0. The van der Waals surface area contributed by atoms with Gasteiger partial charge in [0, 0.05) is 32.3 Å². The molecule has 39 heavy (non-hydrogen) atoms. The molecule has 2 amide bonds. The molecular formula is C30H21Cl2FN2O3S. The third-order valence-corrected chi connectivity index (χ3v) is 7.01. The zero-order valence-electron chi connectivity index (χ0n) is 20.3. The fourth-order valence-corrected chi connectivity index (χ4v) is 4.76. The molecule has 0 saturated heterocycles. The standard InChI is InChI=1S/C30H21Cl2FN2O3S/c31-21-10-15-24(25(32)17-21)28(36)18-39-23-13-11-22(12-14-23)34-30(38)27(16-20-8-4-5-9-26(20)33)35-29(37)19-6-2-1-3-7-19/h1-17H,18H2,(H,34,38)(H,35,37)/b27-16-. The number of nitrogens with one attached hydrogen (secondary N) is 2. The van der Waals surface area contributed by atoms with Crippen LogP contribution in [0.5, 0.6) is 0 Å². The number of thioether (sulfide) groups is 1. The summed E-state index contributed by atoms with van der Waals surface area (Å²) < 4.78 is 14.3. The van der Waals surface area contributed by atoms with Gasteiger partial charge >= 0.3 is 0 Å². The van der Waals surface area contributed by atoms with Crippen molar-refractivity contribution >= 4 is 64.3 Å². The number of Topliss-reactive ketones (excluding diaryl/α,β-unsaturated/α-hetero) is 1. The van der Waals surface area contributed by atoms with E-state index in [4.69, 9.17) is 23.2 Å². The SMILES string of the molecule is O=C(Nc1ccc(SCC(=O)c2ccc(Cl)cc2Cl)cc1)/C(=C/c1ccccc1F)NC(=O)c1ccccc1.